The van der Waals surface area contributed by atoms with E-state index in [0.717, 1.165) is 25.3 Å². The first-order valence-electron chi connectivity index (χ1n) is 8.58. The van der Waals surface area contributed by atoms with E-state index in [1.807, 2.05) is 0 Å². The predicted molar refractivity (Wildman–Crippen MR) is 83.4 cm³/mol. The lowest BCUT2D eigenvalue weighted by molar-refractivity contribution is 0.105. The molecule has 1 aliphatic rings. The van der Waals surface area contributed by atoms with Gasteiger partial charge < -0.3 is 10.4 Å². The molecule has 0 bridgehead atoms. The van der Waals surface area contributed by atoms with Crippen molar-refractivity contribution >= 4 is 0 Å². The van der Waals surface area contributed by atoms with E-state index < -0.39 is 0 Å². The summed E-state index contributed by atoms with van der Waals surface area (Å²) in [6.45, 7) is 6.00. The quantitative estimate of drug-likeness (QED) is 0.581. The Morgan fingerprint density at radius 1 is 1.00 bits per heavy atom. The largest absolute Gasteiger partial charge is 0.394 e. The van der Waals surface area contributed by atoms with Gasteiger partial charge in [-0.05, 0) is 44.6 Å². The number of aliphatic hydroxyl groups excluding tert-OH is 1. The number of hydrogen-bond donors (Lipinski definition) is 2. The number of rotatable bonds is 10. The van der Waals surface area contributed by atoms with Crippen LogP contribution in [0.3, 0.4) is 0 Å². The lowest BCUT2D eigenvalue weighted by atomic mass is 9.77. The van der Waals surface area contributed by atoms with Crippen LogP contribution in [0.15, 0.2) is 0 Å². The number of hydrogen-bond acceptors (Lipinski definition) is 2. The van der Waals surface area contributed by atoms with E-state index in [1.165, 1.54) is 57.8 Å². The van der Waals surface area contributed by atoms with Crippen LogP contribution in [0.5, 0.6) is 0 Å². The van der Waals surface area contributed by atoms with Gasteiger partial charge in [-0.3, -0.25) is 0 Å². The molecule has 0 radical (unpaired) electrons. The average Bonchev–Trinajstić information content (AvgIpc) is 2.44. The Bertz CT molecular complexity index is 209. The Morgan fingerprint density at radius 3 is 2.16 bits per heavy atom. The van der Waals surface area contributed by atoms with Gasteiger partial charge in [0.2, 0.25) is 0 Å². The average molecular weight is 269 g/mol. The second-order valence-electron chi connectivity index (χ2n) is 6.67. The van der Waals surface area contributed by atoms with Crippen LogP contribution in [-0.4, -0.2) is 23.8 Å². The van der Waals surface area contributed by atoms with E-state index in [9.17, 15) is 5.11 Å². The van der Waals surface area contributed by atoms with Gasteiger partial charge in [0.05, 0.1) is 6.61 Å². The normalized spacial score (nSPS) is 27.6. The molecule has 2 heteroatoms. The molecule has 0 aromatic rings. The summed E-state index contributed by atoms with van der Waals surface area (Å²) in [4.78, 5) is 0. The molecule has 1 saturated carbocycles. The third-order valence-electron chi connectivity index (χ3n) is 4.81. The SMILES string of the molecule is CCCCCCCCCNC1(CO)CCC(C)CC1. The predicted octanol–water partition coefficient (Wildman–Crippen LogP) is 4.27. The van der Waals surface area contributed by atoms with Gasteiger partial charge in [0.25, 0.3) is 0 Å². The molecule has 1 fully saturated rings. The van der Waals surface area contributed by atoms with E-state index in [-0.39, 0.29) is 5.54 Å². The molecule has 0 amide bonds. The molecule has 114 valence electrons. The standard InChI is InChI=1S/C17H35NO/c1-3-4-5-6-7-8-9-14-18-17(15-19)12-10-16(2)11-13-17/h16,18-19H,3-15H2,1-2H3. The molecule has 2 nitrogen and oxygen atoms in total. The fourth-order valence-corrected chi connectivity index (χ4v) is 3.14. The van der Waals surface area contributed by atoms with Gasteiger partial charge in [-0.15, -0.1) is 0 Å². The highest BCUT2D eigenvalue weighted by Gasteiger charge is 2.32. The molecule has 0 aromatic heterocycles. The molecule has 0 saturated heterocycles. The van der Waals surface area contributed by atoms with Gasteiger partial charge in [-0.25, -0.2) is 0 Å². The van der Waals surface area contributed by atoms with Gasteiger partial charge in [0, 0.05) is 5.54 Å². The Labute approximate surface area is 120 Å². The lowest BCUT2D eigenvalue weighted by Gasteiger charge is -2.39. The van der Waals surface area contributed by atoms with E-state index in [1.54, 1.807) is 0 Å². The minimum absolute atomic E-state index is 0.0503. The van der Waals surface area contributed by atoms with Crippen LogP contribution >= 0.6 is 0 Å². The van der Waals surface area contributed by atoms with Crippen molar-refractivity contribution in [1.82, 2.24) is 5.32 Å². The zero-order valence-corrected chi connectivity index (χ0v) is 13.2. The van der Waals surface area contributed by atoms with Crippen LogP contribution in [0.25, 0.3) is 0 Å². The molecular formula is C17H35NO. The summed E-state index contributed by atoms with van der Waals surface area (Å²) < 4.78 is 0. The first kappa shape index (κ1) is 17.0. The van der Waals surface area contributed by atoms with E-state index in [0.29, 0.717) is 6.61 Å². The minimum Gasteiger partial charge on any atom is -0.394 e. The second kappa shape index (κ2) is 9.77. The molecule has 2 N–H and O–H groups in total. The maximum absolute atomic E-state index is 9.67. The molecule has 0 unspecified atom stereocenters. The number of aliphatic hydroxyl groups is 1. The van der Waals surface area contributed by atoms with Gasteiger partial charge in [0.1, 0.15) is 0 Å². The summed E-state index contributed by atoms with van der Waals surface area (Å²) in [5.41, 5.74) is 0.0503. The summed E-state index contributed by atoms with van der Waals surface area (Å²) in [5, 5.41) is 13.3. The maximum atomic E-state index is 9.67. The third-order valence-corrected chi connectivity index (χ3v) is 4.81. The first-order chi connectivity index (χ1) is 9.22. The summed E-state index contributed by atoms with van der Waals surface area (Å²) in [7, 11) is 0. The summed E-state index contributed by atoms with van der Waals surface area (Å²) in [6, 6.07) is 0. The topological polar surface area (TPSA) is 32.3 Å². The van der Waals surface area contributed by atoms with Crippen molar-refractivity contribution in [3.63, 3.8) is 0 Å². The number of nitrogens with one attached hydrogen (secondary N) is 1. The molecule has 0 aliphatic heterocycles. The van der Waals surface area contributed by atoms with Crippen molar-refractivity contribution in [2.24, 2.45) is 5.92 Å². The van der Waals surface area contributed by atoms with Crippen LogP contribution in [0.4, 0.5) is 0 Å². The highest BCUT2D eigenvalue weighted by atomic mass is 16.3. The van der Waals surface area contributed by atoms with Crippen LogP contribution < -0.4 is 5.32 Å². The Kier molecular flexibility index (Phi) is 8.72. The Hall–Kier alpha value is -0.0800. The molecule has 1 rings (SSSR count). The summed E-state index contributed by atoms with van der Waals surface area (Å²) in [5.74, 6) is 0.847. The summed E-state index contributed by atoms with van der Waals surface area (Å²) >= 11 is 0. The molecule has 0 heterocycles. The highest BCUT2D eigenvalue weighted by molar-refractivity contribution is 4.91. The van der Waals surface area contributed by atoms with Crippen molar-refractivity contribution < 1.29 is 5.11 Å². The van der Waals surface area contributed by atoms with E-state index in [2.05, 4.69) is 19.2 Å². The smallest absolute Gasteiger partial charge is 0.0613 e. The third kappa shape index (κ3) is 6.76. The lowest BCUT2D eigenvalue weighted by Crippen LogP contribution is -2.51. The van der Waals surface area contributed by atoms with Crippen LogP contribution in [0.1, 0.15) is 84.5 Å². The van der Waals surface area contributed by atoms with Crippen molar-refractivity contribution in [2.75, 3.05) is 13.2 Å². The zero-order valence-electron chi connectivity index (χ0n) is 13.2. The van der Waals surface area contributed by atoms with Gasteiger partial charge in [0.15, 0.2) is 0 Å². The fourth-order valence-electron chi connectivity index (χ4n) is 3.14. The van der Waals surface area contributed by atoms with Crippen LogP contribution in [-0.2, 0) is 0 Å². The van der Waals surface area contributed by atoms with Crippen LogP contribution in [0, 0.1) is 5.92 Å². The molecule has 0 aromatic carbocycles. The van der Waals surface area contributed by atoms with E-state index in [4.69, 9.17) is 0 Å². The molecule has 19 heavy (non-hydrogen) atoms. The highest BCUT2D eigenvalue weighted by Crippen LogP contribution is 2.31. The van der Waals surface area contributed by atoms with E-state index >= 15 is 0 Å². The minimum atomic E-state index is 0.0503. The van der Waals surface area contributed by atoms with Gasteiger partial charge >= 0.3 is 0 Å². The van der Waals surface area contributed by atoms with Gasteiger partial charge in [-0.2, -0.15) is 0 Å². The maximum Gasteiger partial charge on any atom is 0.0613 e. The van der Waals surface area contributed by atoms with Crippen molar-refractivity contribution in [1.29, 1.82) is 0 Å². The molecular weight excluding hydrogens is 234 g/mol. The molecule has 0 spiro atoms. The number of unbranched alkanes of at least 4 members (excludes halogenated alkanes) is 6. The summed E-state index contributed by atoms with van der Waals surface area (Å²) in [6.07, 6.45) is 14.4. The molecule has 1 aliphatic carbocycles. The fraction of sp³-hybridized carbons (Fsp3) is 1.00. The van der Waals surface area contributed by atoms with Crippen LogP contribution in [0.2, 0.25) is 0 Å². The Morgan fingerprint density at radius 2 is 1.58 bits per heavy atom. The van der Waals surface area contributed by atoms with Crippen molar-refractivity contribution in [3.05, 3.63) is 0 Å². The first-order valence-corrected chi connectivity index (χ1v) is 8.58. The Balaban J connectivity index is 2.03. The van der Waals surface area contributed by atoms with Gasteiger partial charge in [-0.1, -0.05) is 52.4 Å². The van der Waals surface area contributed by atoms with Crippen molar-refractivity contribution in [2.45, 2.75) is 90.0 Å². The molecule has 0 atom stereocenters. The monoisotopic (exact) mass is 269 g/mol. The van der Waals surface area contributed by atoms with Crippen molar-refractivity contribution in [3.8, 4) is 0 Å². The second-order valence-corrected chi connectivity index (χ2v) is 6.67. The zero-order chi connectivity index (χ0) is 14.0.